The molecule has 1 aromatic rings. The Hall–Kier alpha value is -0.350. The molecule has 0 aromatic carbocycles. The first-order chi connectivity index (χ1) is 10.1. The Kier molecular flexibility index (Phi) is 6.30. The van der Waals surface area contributed by atoms with Gasteiger partial charge in [-0.2, -0.15) is 5.10 Å². The van der Waals surface area contributed by atoms with Gasteiger partial charge in [-0.05, 0) is 66.9 Å². The van der Waals surface area contributed by atoms with Crippen molar-refractivity contribution in [1.29, 1.82) is 0 Å². The van der Waals surface area contributed by atoms with Crippen LogP contribution in [0, 0.1) is 11.8 Å². The molecule has 1 fully saturated rings. The van der Waals surface area contributed by atoms with Gasteiger partial charge in [-0.1, -0.05) is 20.8 Å². The number of hydrogen-bond acceptors (Lipinski definition) is 2. The van der Waals surface area contributed by atoms with E-state index in [0.29, 0.717) is 6.04 Å². The van der Waals surface area contributed by atoms with E-state index in [1.807, 2.05) is 0 Å². The smallest absolute Gasteiger partial charge is 0.0766 e. The van der Waals surface area contributed by atoms with Gasteiger partial charge >= 0.3 is 0 Å². The fraction of sp³-hybridized carbons (Fsp3) is 0.824. The maximum Gasteiger partial charge on any atom is 0.0766 e. The Morgan fingerprint density at radius 1 is 1.33 bits per heavy atom. The number of aryl methyl sites for hydroxylation is 2. The van der Waals surface area contributed by atoms with Crippen LogP contribution in [0.4, 0.5) is 0 Å². The molecule has 0 aliphatic heterocycles. The molecule has 2 atom stereocenters. The van der Waals surface area contributed by atoms with Crippen LogP contribution in [0.2, 0.25) is 0 Å². The molecule has 1 heterocycles. The molecule has 1 aliphatic carbocycles. The molecule has 4 heteroatoms. The van der Waals surface area contributed by atoms with Gasteiger partial charge in [0.15, 0.2) is 0 Å². The average Bonchev–Trinajstić information content (AvgIpc) is 3.29. The summed E-state index contributed by atoms with van der Waals surface area (Å²) in [6, 6.07) is 0.570. The number of hydrogen-bond donors (Lipinski definition) is 1. The van der Waals surface area contributed by atoms with Crippen molar-refractivity contribution in [3.05, 3.63) is 15.9 Å². The summed E-state index contributed by atoms with van der Waals surface area (Å²) < 4.78 is 3.42. The zero-order valence-corrected chi connectivity index (χ0v) is 15.5. The molecule has 0 amide bonds. The SMILES string of the molecule is CCCNC(Cc1c(Br)c(CC)nn1CC)C(C)C1CC1. The van der Waals surface area contributed by atoms with Crippen LogP contribution < -0.4 is 5.32 Å². The van der Waals surface area contributed by atoms with Gasteiger partial charge in [0, 0.05) is 19.0 Å². The van der Waals surface area contributed by atoms with Crippen LogP contribution in [0.3, 0.4) is 0 Å². The topological polar surface area (TPSA) is 29.9 Å². The fourth-order valence-corrected chi connectivity index (χ4v) is 3.87. The summed E-state index contributed by atoms with van der Waals surface area (Å²) >= 11 is 3.79. The van der Waals surface area contributed by atoms with Gasteiger partial charge in [-0.3, -0.25) is 4.68 Å². The molecule has 0 bridgehead atoms. The fourth-order valence-electron chi connectivity index (χ4n) is 3.14. The van der Waals surface area contributed by atoms with Gasteiger partial charge in [-0.15, -0.1) is 0 Å². The van der Waals surface area contributed by atoms with Gasteiger partial charge in [-0.25, -0.2) is 0 Å². The largest absolute Gasteiger partial charge is 0.313 e. The third kappa shape index (κ3) is 4.10. The number of aromatic nitrogens is 2. The second-order valence-electron chi connectivity index (χ2n) is 6.34. The Bertz CT molecular complexity index is 451. The molecule has 0 spiro atoms. The number of rotatable bonds is 9. The molecule has 2 rings (SSSR count). The Labute approximate surface area is 138 Å². The van der Waals surface area contributed by atoms with Crippen LogP contribution in [-0.2, 0) is 19.4 Å². The van der Waals surface area contributed by atoms with Crippen LogP contribution in [0.15, 0.2) is 4.47 Å². The molecule has 0 radical (unpaired) electrons. The molecule has 1 aliphatic rings. The van der Waals surface area contributed by atoms with Gasteiger partial charge in [0.2, 0.25) is 0 Å². The van der Waals surface area contributed by atoms with Crippen molar-refractivity contribution in [1.82, 2.24) is 15.1 Å². The summed E-state index contributed by atoms with van der Waals surface area (Å²) in [5, 5.41) is 8.52. The van der Waals surface area contributed by atoms with E-state index in [1.54, 1.807) is 0 Å². The lowest BCUT2D eigenvalue weighted by Crippen LogP contribution is -2.39. The summed E-state index contributed by atoms with van der Waals surface area (Å²) in [5.74, 6) is 1.69. The molecule has 1 saturated carbocycles. The van der Waals surface area contributed by atoms with E-state index < -0.39 is 0 Å². The highest BCUT2D eigenvalue weighted by molar-refractivity contribution is 9.10. The van der Waals surface area contributed by atoms with E-state index in [2.05, 4.69) is 53.6 Å². The van der Waals surface area contributed by atoms with Gasteiger partial charge in [0.1, 0.15) is 0 Å². The molecule has 2 unspecified atom stereocenters. The van der Waals surface area contributed by atoms with E-state index in [0.717, 1.165) is 37.8 Å². The standard InChI is InChI=1S/C17H30BrN3/c1-5-10-19-15(12(4)13-8-9-13)11-16-17(18)14(6-2)20-21(16)7-3/h12-13,15,19H,5-11H2,1-4H3. The van der Waals surface area contributed by atoms with Gasteiger partial charge < -0.3 is 5.32 Å². The van der Waals surface area contributed by atoms with Crippen molar-refractivity contribution in [2.24, 2.45) is 11.8 Å². The molecule has 120 valence electrons. The van der Waals surface area contributed by atoms with E-state index >= 15 is 0 Å². The molecular formula is C17H30BrN3. The van der Waals surface area contributed by atoms with Crippen LogP contribution in [0.25, 0.3) is 0 Å². The lowest BCUT2D eigenvalue weighted by molar-refractivity contribution is 0.333. The minimum Gasteiger partial charge on any atom is -0.313 e. The van der Waals surface area contributed by atoms with Crippen molar-refractivity contribution in [2.45, 2.75) is 72.4 Å². The quantitative estimate of drug-likeness (QED) is 0.719. The highest BCUT2D eigenvalue weighted by atomic mass is 79.9. The van der Waals surface area contributed by atoms with Crippen LogP contribution in [-0.4, -0.2) is 22.4 Å². The second-order valence-corrected chi connectivity index (χ2v) is 7.13. The maximum absolute atomic E-state index is 4.74. The van der Waals surface area contributed by atoms with E-state index in [9.17, 15) is 0 Å². The molecule has 3 nitrogen and oxygen atoms in total. The third-order valence-electron chi connectivity index (χ3n) is 4.76. The van der Waals surface area contributed by atoms with Crippen LogP contribution >= 0.6 is 15.9 Å². The van der Waals surface area contributed by atoms with Crippen molar-refractivity contribution < 1.29 is 0 Å². The zero-order valence-electron chi connectivity index (χ0n) is 14.0. The lowest BCUT2D eigenvalue weighted by Gasteiger charge is -2.25. The first kappa shape index (κ1) is 17.0. The summed E-state index contributed by atoms with van der Waals surface area (Å²) in [7, 11) is 0. The summed E-state index contributed by atoms with van der Waals surface area (Å²) in [6.45, 7) is 11.1. The Morgan fingerprint density at radius 2 is 2.05 bits per heavy atom. The first-order valence-corrected chi connectivity index (χ1v) is 9.38. The molecule has 21 heavy (non-hydrogen) atoms. The van der Waals surface area contributed by atoms with E-state index in [1.165, 1.54) is 35.1 Å². The molecule has 1 aromatic heterocycles. The van der Waals surface area contributed by atoms with Gasteiger partial charge in [0.25, 0.3) is 0 Å². The monoisotopic (exact) mass is 355 g/mol. The Balaban J connectivity index is 2.16. The Morgan fingerprint density at radius 3 is 2.57 bits per heavy atom. The maximum atomic E-state index is 4.74. The predicted octanol–water partition coefficient (Wildman–Crippen LogP) is 4.18. The number of halogens is 1. The van der Waals surface area contributed by atoms with Crippen molar-refractivity contribution >= 4 is 15.9 Å². The van der Waals surface area contributed by atoms with Crippen LogP contribution in [0.5, 0.6) is 0 Å². The van der Waals surface area contributed by atoms with Crippen LogP contribution in [0.1, 0.15) is 58.3 Å². The summed E-state index contributed by atoms with van der Waals surface area (Å²) in [6.07, 6.45) is 6.10. The van der Waals surface area contributed by atoms with Gasteiger partial charge in [0.05, 0.1) is 15.9 Å². The first-order valence-electron chi connectivity index (χ1n) is 8.59. The average molecular weight is 356 g/mol. The second kappa shape index (κ2) is 7.77. The van der Waals surface area contributed by atoms with Crippen molar-refractivity contribution in [2.75, 3.05) is 6.54 Å². The molecule has 0 saturated heterocycles. The lowest BCUT2D eigenvalue weighted by atomic mass is 9.92. The highest BCUT2D eigenvalue weighted by Crippen LogP contribution is 2.39. The highest BCUT2D eigenvalue weighted by Gasteiger charge is 2.34. The van der Waals surface area contributed by atoms with E-state index in [-0.39, 0.29) is 0 Å². The minimum absolute atomic E-state index is 0.570. The van der Waals surface area contributed by atoms with Crippen molar-refractivity contribution in [3.8, 4) is 0 Å². The zero-order chi connectivity index (χ0) is 15.4. The van der Waals surface area contributed by atoms with Crippen molar-refractivity contribution in [3.63, 3.8) is 0 Å². The minimum atomic E-state index is 0.570. The third-order valence-corrected chi connectivity index (χ3v) is 5.68. The van der Waals surface area contributed by atoms with E-state index in [4.69, 9.17) is 5.10 Å². The predicted molar refractivity (Wildman–Crippen MR) is 92.7 cm³/mol. The molecule has 1 N–H and O–H groups in total. The number of nitrogens with one attached hydrogen (secondary N) is 1. The summed E-state index contributed by atoms with van der Waals surface area (Å²) in [4.78, 5) is 0. The normalized spacial score (nSPS) is 18.0. The molecular weight excluding hydrogens is 326 g/mol. The summed E-state index contributed by atoms with van der Waals surface area (Å²) in [5.41, 5.74) is 2.57. The number of nitrogens with zero attached hydrogens (tertiary/aromatic N) is 2.